The molecule has 0 aliphatic carbocycles. The number of carbonyl (C=O) groups is 2. The number of aromatic nitrogens is 3. The minimum Gasteiger partial charge on any atom is -0.352 e. The van der Waals surface area contributed by atoms with Crippen molar-refractivity contribution in [2.24, 2.45) is 5.73 Å². The van der Waals surface area contributed by atoms with Gasteiger partial charge in [0.1, 0.15) is 0 Å². The van der Waals surface area contributed by atoms with Crippen LogP contribution >= 0.6 is 24.2 Å². The van der Waals surface area contributed by atoms with Crippen LogP contribution in [0.25, 0.3) is 5.69 Å². The third-order valence-electron chi connectivity index (χ3n) is 3.40. The lowest BCUT2D eigenvalue weighted by atomic mass is 10.2. The van der Waals surface area contributed by atoms with Gasteiger partial charge in [-0.1, -0.05) is 5.21 Å². The fraction of sp³-hybridized carbons (Fsp3) is 0.375. The molecule has 0 unspecified atom stereocenters. The zero-order valence-electron chi connectivity index (χ0n) is 14.7. The molecule has 0 atom stereocenters. The fourth-order valence-electron chi connectivity index (χ4n) is 2.24. The number of nitrogens with one attached hydrogen (secondary N) is 2. The van der Waals surface area contributed by atoms with Crippen molar-refractivity contribution in [3.05, 3.63) is 41.2 Å². The second-order valence-electron chi connectivity index (χ2n) is 5.18. The molecular formula is C16H23ClN6O2S. The minimum absolute atomic E-state index is 0. The van der Waals surface area contributed by atoms with Crippen LogP contribution in [-0.2, 0) is 5.75 Å². The Labute approximate surface area is 162 Å². The molecule has 0 bridgehead atoms. The first-order valence-electron chi connectivity index (χ1n) is 7.92. The third kappa shape index (κ3) is 5.20. The Balaban J connectivity index is 0.00000338. The van der Waals surface area contributed by atoms with Crippen LogP contribution in [-0.4, -0.2) is 52.7 Å². The number of nitrogens with two attached hydrogens (primary N) is 1. The molecule has 2 rings (SSSR count). The zero-order valence-corrected chi connectivity index (χ0v) is 16.3. The molecule has 1 heterocycles. The number of thioether (sulfide) groups is 1. The molecule has 0 saturated heterocycles. The number of amides is 2. The molecule has 2 amide bonds. The smallest absolute Gasteiger partial charge is 0.273 e. The van der Waals surface area contributed by atoms with Gasteiger partial charge in [-0.3, -0.25) is 9.59 Å². The molecule has 0 spiro atoms. The molecule has 0 aliphatic heterocycles. The first-order chi connectivity index (χ1) is 12.1. The molecule has 0 radical (unpaired) electrons. The maximum absolute atomic E-state index is 12.2. The van der Waals surface area contributed by atoms with Crippen molar-refractivity contribution in [2.45, 2.75) is 12.7 Å². The first kappa shape index (κ1) is 21.9. The number of hydrogen-bond acceptors (Lipinski definition) is 6. The van der Waals surface area contributed by atoms with E-state index in [0.29, 0.717) is 36.6 Å². The minimum atomic E-state index is -0.292. The van der Waals surface area contributed by atoms with Gasteiger partial charge < -0.3 is 16.4 Å². The molecular weight excluding hydrogens is 376 g/mol. The van der Waals surface area contributed by atoms with Gasteiger partial charge in [-0.05, 0) is 37.4 Å². The Morgan fingerprint density at radius 2 is 1.88 bits per heavy atom. The summed E-state index contributed by atoms with van der Waals surface area (Å²) in [5.41, 5.74) is 7.71. The Hall–Kier alpha value is -2.10. The van der Waals surface area contributed by atoms with Crippen LogP contribution in [0.3, 0.4) is 0 Å². The summed E-state index contributed by atoms with van der Waals surface area (Å²) in [6.07, 6.45) is 1.94. The van der Waals surface area contributed by atoms with Crippen LogP contribution in [0.4, 0.5) is 0 Å². The lowest BCUT2D eigenvalue weighted by Gasteiger charge is -2.08. The fourth-order valence-corrected chi connectivity index (χ4v) is 2.77. The highest BCUT2D eigenvalue weighted by molar-refractivity contribution is 7.97. The molecule has 142 valence electrons. The van der Waals surface area contributed by atoms with E-state index in [1.165, 1.54) is 0 Å². The summed E-state index contributed by atoms with van der Waals surface area (Å²) < 4.78 is 1.62. The number of halogens is 1. The number of rotatable bonds is 8. The summed E-state index contributed by atoms with van der Waals surface area (Å²) >= 11 is 1.57. The van der Waals surface area contributed by atoms with E-state index in [0.717, 1.165) is 5.69 Å². The standard InChI is InChI=1S/C16H22N6O2S.ClH/c1-3-18-15(23)11-4-6-12(7-5-11)22-13(10-25-2)14(20-21-22)16(24)19-9-8-17;/h4-7H,3,8-10,17H2,1-2H3,(H,18,23)(H,19,24);1H. The lowest BCUT2D eigenvalue weighted by molar-refractivity contribution is 0.0943. The van der Waals surface area contributed by atoms with Gasteiger partial charge in [0, 0.05) is 31.0 Å². The average molecular weight is 399 g/mol. The van der Waals surface area contributed by atoms with Crippen LogP contribution in [0, 0.1) is 0 Å². The second-order valence-corrected chi connectivity index (χ2v) is 6.05. The zero-order chi connectivity index (χ0) is 18.2. The van der Waals surface area contributed by atoms with Crippen molar-refractivity contribution in [3.63, 3.8) is 0 Å². The summed E-state index contributed by atoms with van der Waals surface area (Å²) in [5, 5.41) is 13.6. The summed E-state index contributed by atoms with van der Waals surface area (Å²) in [6, 6.07) is 7.01. The number of carbonyl (C=O) groups excluding carboxylic acids is 2. The van der Waals surface area contributed by atoms with Crippen molar-refractivity contribution < 1.29 is 9.59 Å². The SMILES string of the molecule is CCNC(=O)c1ccc(-n2nnc(C(=O)NCCN)c2CSC)cc1.Cl. The second kappa shape index (κ2) is 10.8. The monoisotopic (exact) mass is 398 g/mol. The average Bonchev–Trinajstić information content (AvgIpc) is 3.04. The Morgan fingerprint density at radius 1 is 1.19 bits per heavy atom. The maximum Gasteiger partial charge on any atom is 0.273 e. The molecule has 2 aromatic rings. The van der Waals surface area contributed by atoms with Gasteiger partial charge in [-0.15, -0.1) is 17.5 Å². The molecule has 26 heavy (non-hydrogen) atoms. The molecule has 0 saturated carbocycles. The van der Waals surface area contributed by atoms with E-state index < -0.39 is 0 Å². The number of benzene rings is 1. The highest BCUT2D eigenvalue weighted by atomic mass is 35.5. The summed E-state index contributed by atoms with van der Waals surface area (Å²) in [6.45, 7) is 3.18. The van der Waals surface area contributed by atoms with Crippen LogP contribution in [0.15, 0.2) is 24.3 Å². The van der Waals surface area contributed by atoms with E-state index in [2.05, 4.69) is 20.9 Å². The lowest BCUT2D eigenvalue weighted by Crippen LogP contribution is -2.30. The highest BCUT2D eigenvalue weighted by Gasteiger charge is 2.20. The van der Waals surface area contributed by atoms with Crippen molar-refractivity contribution in [1.29, 1.82) is 0 Å². The Morgan fingerprint density at radius 3 is 2.46 bits per heavy atom. The van der Waals surface area contributed by atoms with Gasteiger partial charge in [-0.25, -0.2) is 4.68 Å². The van der Waals surface area contributed by atoms with E-state index in [1.54, 1.807) is 40.7 Å². The Kier molecular flexibility index (Phi) is 9.11. The quantitative estimate of drug-likeness (QED) is 0.610. The van der Waals surface area contributed by atoms with Gasteiger partial charge in [0.15, 0.2) is 5.69 Å². The largest absolute Gasteiger partial charge is 0.352 e. The number of nitrogens with zero attached hydrogens (tertiary/aromatic N) is 3. The third-order valence-corrected chi connectivity index (χ3v) is 3.96. The van der Waals surface area contributed by atoms with Crippen molar-refractivity contribution in [3.8, 4) is 5.69 Å². The predicted molar refractivity (Wildman–Crippen MR) is 105 cm³/mol. The highest BCUT2D eigenvalue weighted by Crippen LogP contribution is 2.18. The molecule has 1 aromatic carbocycles. The van der Waals surface area contributed by atoms with Crippen LogP contribution < -0.4 is 16.4 Å². The summed E-state index contributed by atoms with van der Waals surface area (Å²) in [5.74, 6) is 0.162. The molecule has 0 fully saturated rings. The van der Waals surface area contributed by atoms with E-state index >= 15 is 0 Å². The van der Waals surface area contributed by atoms with Crippen LogP contribution in [0.5, 0.6) is 0 Å². The maximum atomic E-state index is 12.2. The predicted octanol–water partition coefficient (Wildman–Crippen LogP) is 0.990. The molecule has 0 aliphatic rings. The normalized spacial score (nSPS) is 10.1. The molecule has 1 aromatic heterocycles. The number of hydrogen-bond donors (Lipinski definition) is 3. The Bertz CT molecular complexity index is 735. The van der Waals surface area contributed by atoms with E-state index in [9.17, 15) is 9.59 Å². The molecule has 4 N–H and O–H groups in total. The summed E-state index contributed by atoms with van der Waals surface area (Å²) in [7, 11) is 0. The van der Waals surface area contributed by atoms with E-state index in [-0.39, 0.29) is 29.9 Å². The van der Waals surface area contributed by atoms with Crippen molar-refractivity contribution >= 4 is 36.0 Å². The van der Waals surface area contributed by atoms with Gasteiger partial charge >= 0.3 is 0 Å². The topological polar surface area (TPSA) is 115 Å². The van der Waals surface area contributed by atoms with Crippen molar-refractivity contribution in [2.75, 3.05) is 25.9 Å². The molecule has 10 heteroatoms. The first-order valence-corrected chi connectivity index (χ1v) is 9.32. The summed E-state index contributed by atoms with van der Waals surface area (Å²) in [4.78, 5) is 24.1. The van der Waals surface area contributed by atoms with E-state index in [1.807, 2.05) is 13.2 Å². The van der Waals surface area contributed by atoms with Gasteiger partial charge in [0.05, 0.1) is 11.4 Å². The van der Waals surface area contributed by atoms with Crippen LogP contribution in [0.1, 0.15) is 33.5 Å². The molecule has 8 nitrogen and oxygen atoms in total. The van der Waals surface area contributed by atoms with Gasteiger partial charge in [-0.2, -0.15) is 11.8 Å². The van der Waals surface area contributed by atoms with Gasteiger partial charge in [0.2, 0.25) is 0 Å². The van der Waals surface area contributed by atoms with E-state index in [4.69, 9.17) is 5.73 Å². The van der Waals surface area contributed by atoms with Crippen LogP contribution in [0.2, 0.25) is 0 Å². The van der Waals surface area contributed by atoms with Gasteiger partial charge in [0.25, 0.3) is 11.8 Å². The van der Waals surface area contributed by atoms with Crippen molar-refractivity contribution in [1.82, 2.24) is 25.6 Å².